The lowest BCUT2D eigenvalue weighted by Gasteiger charge is -2.17. The standard InChI is InChI=1S/C6H12N4.C3H6.2C2H6/c1-4-9(3)10-5-7-8-6(10)2;1-3-2;2*1-2/h5H,4H2,1-3H3;3H,1H2,2H3;2*1-2H3. The molecule has 0 saturated heterocycles. The Morgan fingerprint density at radius 1 is 1.35 bits per heavy atom. The van der Waals surface area contributed by atoms with Crippen LogP contribution in [-0.2, 0) is 0 Å². The van der Waals surface area contributed by atoms with E-state index in [1.807, 2.05) is 58.3 Å². The monoisotopic (exact) mass is 242 g/mol. The summed E-state index contributed by atoms with van der Waals surface area (Å²) in [5.41, 5.74) is 0. The van der Waals surface area contributed by atoms with Gasteiger partial charge in [-0.05, 0) is 20.8 Å². The van der Waals surface area contributed by atoms with E-state index in [0.717, 1.165) is 12.4 Å². The third kappa shape index (κ3) is 11.0. The Balaban J connectivity index is -0.000000239. The Hall–Kier alpha value is -1.32. The van der Waals surface area contributed by atoms with Crippen LogP contribution in [0.15, 0.2) is 19.0 Å². The third-order valence-electron chi connectivity index (χ3n) is 1.52. The first-order valence-electron chi connectivity index (χ1n) is 6.32. The highest BCUT2D eigenvalue weighted by molar-refractivity contribution is 4.88. The highest BCUT2D eigenvalue weighted by Crippen LogP contribution is 1.91. The average molecular weight is 242 g/mol. The van der Waals surface area contributed by atoms with Gasteiger partial charge in [0.05, 0.1) is 0 Å². The first kappa shape index (κ1) is 21.0. The fourth-order valence-corrected chi connectivity index (χ4v) is 0.775. The number of allylic oxidation sites excluding steroid dienone is 1. The molecule has 0 saturated carbocycles. The fourth-order valence-electron chi connectivity index (χ4n) is 0.775. The second-order valence-electron chi connectivity index (χ2n) is 2.60. The van der Waals surface area contributed by atoms with Crippen molar-refractivity contribution in [2.75, 3.05) is 18.6 Å². The minimum absolute atomic E-state index is 0.921. The molecule has 0 aliphatic heterocycles. The first-order chi connectivity index (χ1) is 8.17. The van der Waals surface area contributed by atoms with Gasteiger partial charge in [0, 0.05) is 13.6 Å². The summed E-state index contributed by atoms with van der Waals surface area (Å²) < 4.78 is 1.92. The molecule has 4 nitrogen and oxygen atoms in total. The highest BCUT2D eigenvalue weighted by Gasteiger charge is 1.99. The van der Waals surface area contributed by atoms with Crippen molar-refractivity contribution in [3.63, 3.8) is 0 Å². The Labute approximate surface area is 107 Å². The van der Waals surface area contributed by atoms with Crippen LogP contribution in [0.25, 0.3) is 0 Å². The van der Waals surface area contributed by atoms with Gasteiger partial charge in [-0.15, -0.1) is 16.8 Å². The highest BCUT2D eigenvalue weighted by atomic mass is 15.6. The zero-order valence-corrected chi connectivity index (χ0v) is 12.9. The number of hydrogen-bond acceptors (Lipinski definition) is 3. The van der Waals surface area contributed by atoms with Gasteiger partial charge in [-0.25, -0.2) is 4.68 Å². The molecular formula is C13H30N4. The summed E-state index contributed by atoms with van der Waals surface area (Å²) in [5, 5.41) is 9.66. The lowest BCUT2D eigenvalue weighted by molar-refractivity contribution is 0.650. The van der Waals surface area contributed by atoms with E-state index >= 15 is 0 Å². The van der Waals surface area contributed by atoms with E-state index in [-0.39, 0.29) is 0 Å². The van der Waals surface area contributed by atoms with Crippen LogP contribution in [0.1, 0.15) is 47.4 Å². The Bertz CT molecular complexity index is 243. The Morgan fingerprint density at radius 3 is 2.00 bits per heavy atom. The van der Waals surface area contributed by atoms with E-state index in [9.17, 15) is 0 Å². The molecule has 0 fully saturated rings. The molecule has 1 aromatic heterocycles. The van der Waals surface area contributed by atoms with Crippen molar-refractivity contribution >= 4 is 0 Å². The summed E-state index contributed by atoms with van der Waals surface area (Å²) in [7, 11) is 2.00. The quantitative estimate of drug-likeness (QED) is 0.745. The molecule has 17 heavy (non-hydrogen) atoms. The fraction of sp³-hybridized carbons (Fsp3) is 0.692. The van der Waals surface area contributed by atoms with Crippen LogP contribution in [0.4, 0.5) is 0 Å². The molecule has 0 aliphatic carbocycles. The molecule has 4 heteroatoms. The second kappa shape index (κ2) is 17.1. The van der Waals surface area contributed by atoms with Gasteiger partial charge in [-0.2, -0.15) is 0 Å². The normalized spacial score (nSPS) is 7.29. The predicted molar refractivity (Wildman–Crippen MR) is 78.0 cm³/mol. The molecule has 1 heterocycles. The van der Waals surface area contributed by atoms with Crippen LogP contribution in [-0.4, -0.2) is 28.5 Å². The summed E-state index contributed by atoms with van der Waals surface area (Å²) >= 11 is 0. The van der Waals surface area contributed by atoms with Gasteiger partial charge in [0.15, 0.2) is 0 Å². The van der Waals surface area contributed by atoms with Crippen LogP contribution in [0, 0.1) is 6.92 Å². The van der Waals surface area contributed by atoms with E-state index in [1.54, 1.807) is 12.4 Å². The molecule has 1 aromatic rings. The Morgan fingerprint density at radius 2 is 1.76 bits per heavy atom. The zero-order valence-electron chi connectivity index (χ0n) is 12.9. The van der Waals surface area contributed by atoms with E-state index in [2.05, 4.69) is 23.7 Å². The van der Waals surface area contributed by atoms with Crippen molar-refractivity contribution < 1.29 is 0 Å². The van der Waals surface area contributed by atoms with Crippen LogP contribution < -0.4 is 5.01 Å². The molecule has 102 valence electrons. The van der Waals surface area contributed by atoms with E-state index in [4.69, 9.17) is 0 Å². The van der Waals surface area contributed by atoms with Gasteiger partial charge in [-0.3, -0.25) is 0 Å². The molecule has 0 radical (unpaired) electrons. The number of aryl methyl sites for hydroxylation is 1. The van der Waals surface area contributed by atoms with E-state index in [0.29, 0.717) is 0 Å². The van der Waals surface area contributed by atoms with Crippen LogP contribution in [0.3, 0.4) is 0 Å². The van der Waals surface area contributed by atoms with Gasteiger partial charge in [0.25, 0.3) is 0 Å². The van der Waals surface area contributed by atoms with Gasteiger partial charge in [0.1, 0.15) is 12.2 Å². The summed E-state index contributed by atoms with van der Waals surface area (Å²) in [6, 6.07) is 0. The maximum atomic E-state index is 3.86. The van der Waals surface area contributed by atoms with Crippen molar-refractivity contribution in [3.05, 3.63) is 24.8 Å². The SMILES string of the molecule is C=CC.CC.CC.CCN(C)n1cnnc1C. The zero-order chi connectivity index (χ0) is 14.3. The van der Waals surface area contributed by atoms with E-state index < -0.39 is 0 Å². The molecule has 0 spiro atoms. The van der Waals surface area contributed by atoms with Gasteiger partial charge in [-0.1, -0.05) is 33.8 Å². The smallest absolute Gasteiger partial charge is 0.148 e. The number of nitrogens with zero attached hydrogens (tertiary/aromatic N) is 4. The first-order valence-corrected chi connectivity index (χ1v) is 6.32. The minimum Gasteiger partial charge on any atom is -0.313 e. The van der Waals surface area contributed by atoms with Crippen molar-refractivity contribution in [1.29, 1.82) is 0 Å². The lowest BCUT2D eigenvalue weighted by atomic mass is 10.7. The molecule has 0 aliphatic rings. The van der Waals surface area contributed by atoms with Crippen molar-refractivity contribution in [3.8, 4) is 0 Å². The van der Waals surface area contributed by atoms with Gasteiger partial charge in [0.2, 0.25) is 0 Å². The minimum atomic E-state index is 0.921. The maximum Gasteiger partial charge on any atom is 0.148 e. The summed E-state index contributed by atoms with van der Waals surface area (Å²) in [4.78, 5) is 0. The van der Waals surface area contributed by atoms with Crippen LogP contribution >= 0.6 is 0 Å². The predicted octanol–water partition coefficient (Wildman–Crippen LogP) is 3.42. The molecule has 0 amide bonds. The second-order valence-corrected chi connectivity index (χ2v) is 2.60. The number of aromatic nitrogens is 3. The molecule has 0 unspecified atom stereocenters. The molecular weight excluding hydrogens is 212 g/mol. The number of hydrogen-bond donors (Lipinski definition) is 0. The number of rotatable bonds is 2. The summed E-state index contributed by atoms with van der Waals surface area (Å²) in [5.74, 6) is 0.921. The van der Waals surface area contributed by atoms with E-state index in [1.165, 1.54) is 0 Å². The Kier molecular flexibility index (Phi) is 21.1. The molecule has 0 atom stereocenters. The van der Waals surface area contributed by atoms with Crippen molar-refractivity contribution in [2.24, 2.45) is 0 Å². The average Bonchev–Trinajstić information content (AvgIpc) is 2.81. The summed E-state index contributed by atoms with van der Waals surface area (Å²) in [6.07, 6.45) is 3.46. The van der Waals surface area contributed by atoms with Crippen molar-refractivity contribution in [1.82, 2.24) is 14.9 Å². The topological polar surface area (TPSA) is 34.0 Å². The van der Waals surface area contributed by atoms with Crippen LogP contribution in [0.5, 0.6) is 0 Å². The third-order valence-corrected chi connectivity index (χ3v) is 1.52. The summed E-state index contributed by atoms with van der Waals surface area (Å²) in [6.45, 7) is 18.2. The molecule has 0 N–H and O–H groups in total. The molecule has 1 rings (SSSR count). The maximum absolute atomic E-state index is 3.86. The molecule has 0 bridgehead atoms. The largest absolute Gasteiger partial charge is 0.313 e. The van der Waals surface area contributed by atoms with Crippen molar-refractivity contribution in [2.45, 2.75) is 48.5 Å². The lowest BCUT2D eigenvalue weighted by Crippen LogP contribution is -2.29. The van der Waals surface area contributed by atoms with Crippen LogP contribution in [0.2, 0.25) is 0 Å². The molecule has 0 aromatic carbocycles. The van der Waals surface area contributed by atoms with Gasteiger partial charge < -0.3 is 5.01 Å². The van der Waals surface area contributed by atoms with Gasteiger partial charge >= 0.3 is 0 Å².